The molecule has 1 nitrogen and oxygen atoms in total. The molecule has 0 bridgehead atoms. The molecule has 0 spiro atoms. The molecule has 1 rings (SSSR count). The zero-order valence-corrected chi connectivity index (χ0v) is 9.36. The Hall–Kier alpha value is -0.340. The van der Waals surface area contributed by atoms with E-state index in [1.807, 2.05) is 11.3 Å². The van der Waals surface area contributed by atoms with Crippen LogP contribution in [0.2, 0.25) is 0 Å². The Morgan fingerprint density at radius 3 is 2.69 bits per heavy atom. The summed E-state index contributed by atoms with van der Waals surface area (Å²) < 4.78 is 0. The lowest BCUT2D eigenvalue weighted by Crippen LogP contribution is -2.07. The van der Waals surface area contributed by atoms with Gasteiger partial charge in [0.1, 0.15) is 0 Å². The van der Waals surface area contributed by atoms with Crippen LogP contribution in [0.5, 0.6) is 0 Å². The lowest BCUT2D eigenvalue weighted by Gasteiger charge is -2.08. The normalized spacial score (nSPS) is 13.2. The zero-order chi connectivity index (χ0) is 9.68. The van der Waals surface area contributed by atoms with Crippen LogP contribution >= 0.6 is 11.3 Å². The van der Waals surface area contributed by atoms with E-state index < -0.39 is 0 Å². The van der Waals surface area contributed by atoms with Crippen molar-refractivity contribution >= 4 is 11.3 Å². The van der Waals surface area contributed by atoms with Crippen LogP contribution in [0.1, 0.15) is 48.4 Å². The van der Waals surface area contributed by atoms with E-state index >= 15 is 0 Å². The van der Waals surface area contributed by atoms with Gasteiger partial charge in [0.25, 0.3) is 0 Å². The first-order chi connectivity index (χ1) is 6.24. The fourth-order valence-corrected chi connectivity index (χ4v) is 2.32. The summed E-state index contributed by atoms with van der Waals surface area (Å²) in [6.45, 7) is 4.35. The minimum Gasteiger partial charge on any atom is -0.323 e. The van der Waals surface area contributed by atoms with Gasteiger partial charge in [-0.15, -0.1) is 11.3 Å². The molecule has 0 saturated heterocycles. The molecule has 0 aliphatic carbocycles. The molecule has 2 N–H and O–H groups in total. The molecule has 13 heavy (non-hydrogen) atoms. The predicted octanol–water partition coefficient (Wildman–Crippen LogP) is 3.64. The van der Waals surface area contributed by atoms with Crippen LogP contribution in [0.25, 0.3) is 0 Å². The van der Waals surface area contributed by atoms with Gasteiger partial charge < -0.3 is 5.73 Å². The first kappa shape index (κ1) is 10.7. The molecule has 1 aromatic heterocycles. The third-order valence-corrected chi connectivity index (χ3v) is 3.38. The molecule has 0 aromatic carbocycles. The van der Waals surface area contributed by atoms with Crippen LogP contribution in [-0.2, 0) is 0 Å². The van der Waals surface area contributed by atoms with Crippen molar-refractivity contribution in [3.63, 3.8) is 0 Å². The Balaban J connectivity index is 2.35. The van der Waals surface area contributed by atoms with Crippen LogP contribution in [0.4, 0.5) is 0 Å². The van der Waals surface area contributed by atoms with E-state index in [2.05, 4.69) is 26.0 Å². The van der Waals surface area contributed by atoms with Crippen molar-refractivity contribution in [2.45, 2.75) is 45.6 Å². The highest BCUT2D eigenvalue weighted by Gasteiger charge is 2.06. The molecule has 2 heteroatoms. The second-order valence-corrected chi connectivity index (χ2v) is 4.87. The SMILES string of the molecule is CCCCC[C@H](N)c1ccc(C)s1. The van der Waals surface area contributed by atoms with E-state index in [1.165, 1.54) is 29.0 Å². The second kappa shape index (κ2) is 5.40. The van der Waals surface area contributed by atoms with Gasteiger partial charge in [0, 0.05) is 15.8 Å². The minimum atomic E-state index is 0.269. The van der Waals surface area contributed by atoms with E-state index in [4.69, 9.17) is 5.73 Å². The van der Waals surface area contributed by atoms with Gasteiger partial charge in [-0.25, -0.2) is 0 Å². The van der Waals surface area contributed by atoms with Crippen molar-refractivity contribution in [3.05, 3.63) is 21.9 Å². The fraction of sp³-hybridized carbons (Fsp3) is 0.636. The molecule has 0 aliphatic rings. The van der Waals surface area contributed by atoms with Crippen LogP contribution in [-0.4, -0.2) is 0 Å². The highest BCUT2D eigenvalue weighted by Crippen LogP contribution is 2.24. The summed E-state index contributed by atoms with van der Waals surface area (Å²) in [5, 5.41) is 0. The summed E-state index contributed by atoms with van der Waals surface area (Å²) in [6.07, 6.45) is 4.97. The maximum Gasteiger partial charge on any atom is 0.0389 e. The van der Waals surface area contributed by atoms with Crippen molar-refractivity contribution in [1.29, 1.82) is 0 Å². The van der Waals surface area contributed by atoms with Gasteiger partial charge in [-0.3, -0.25) is 0 Å². The number of rotatable bonds is 5. The third-order valence-electron chi connectivity index (χ3n) is 2.25. The number of unbranched alkanes of at least 4 members (excludes halogenated alkanes) is 2. The highest BCUT2D eigenvalue weighted by molar-refractivity contribution is 7.12. The summed E-state index contributed by atoms with van der Waals surface area (Å²) in [5.74, 6) is 0. The largest absolute Gasteiger partial charge is 0.323 e. The van der Waals surface area contributed by atoms with Gasteiger partial charge >= 0.3 is 0 Å². The Morgan fingerprint density at radius 1 is 1.38 bits per heavy atom. The number of hydrogen-bond donors (Lipinski definition) is 1. The maximum atomic E-state index is 6.06. The molecule has 1 heterocycles. The standard InChI is InChI=1S/C11H19NS/c1-3-4-5-6-10(12)11-8-7-9(2)13-11/h7-8,10H,3-6,12H2,1-2H3/t10-/m0/s1. The van der Waals surface area contributed by atoms with Crippen LogP contribution in [0.15, 0.2) is 12.1 Å². The van der Waals surface area contributed by atoms with E-state index in [0.717, 1.165) is 6.42 Å². The lowest BCUT2D eigenvalue weighted by atomic mass is 10.1. The highest BCUT2D eigenvalue weighted by atomic mass is 32.1. The van der Waals surface area contributed by atoms with Crippen molar-refractivity contribution < 1.29 is 0 Å². The maximum absolute atomic E-state index is 6.06. The molecule has 1 atom stereocenters. The Morgan fingerprint density at radius 2 is 2.15 bits per heavy atom. The van der Waals surface area contributed by atoms with Gasteiger partial charge in [-0.05, 0) is 25.5 Å². The fourth-order valence-electron chi connectivity index (χ4n) is 1.41. The van der Waals surface area contributed by atoms with Gasteiger partial charge in [-0.2, -0.15) is 0 Å². The monoisotopic (exact) mass is 197 g/mol. The van der Waals surface area contributed by atoms with E-state index in [-0.39, 0.29) is 6.04 Å². The Kier molecular flexibility index (Phi) is 4.46. The summed E-state index contributed by atoms with van der Waals surface area (Å²) in [6, 6.07) is 4.58. The van der Waals surface area contributed by atoms with Crippen molar-refractivity contribution in [3.8, 4) is 0 Å². The smallest absolute Gasteiger partial charge is 0.0389 e. The molecule has 0 radical (unpaired) electrons. The zero-order valence-electron chi connectivity index (χ0n) is 8.55. The summed E-state index contributed by atoms with van der Waals surface area (Å²) in [4.78, 5) is 2.70. The van der Waals surface area contributed by atoms with Gasteiger partial charge in [0.15, 0.2) is 0 Å². The predicted molar refractivity (Wildman–Crippen MR) is 60.1 cm³/mol. The average Bonchev–Trinajstić information content (AvgIpc) is 2.52. The van der Waals surface area contributed by atoms with Crippen molar-refractivity contribution in [1.82, 2.24) is 0 Å². The molecule has 0 amide bonds. The molecular weight excluding hydrogens is 178 g/mol. The number of thiophene rings is 1. The molecule has 0 fully saturated rings. The lowest BCUT2D eigenvalue weighted by molar-refractivity contribution is 0.587. The summed E-state index contributed by atoms with van der Waals surface area (Å²) in [5.41, 5.74) is 6.06. The molecule has 0 unspecified atom stereocenters. The topological polar surface area (TPSA) is 26.0 Å². The van der Waals surface area contributed by atoms with Crippen molar-refractivity contribution in [2.24, 2.45) is 5.73 Å². The molecule has 1 aromatic rings. The average molecular weight is 197 g/mol. The molecule has 0 aliphatic heterocycles. The van der Waals surface area contributed by atoms with Gasteiger partial charge in [0.05, 0.1) is 0 Å². The summed E-state index contributed by atoms with van der Waals surface area (Å²) >= 11 is 1.83. The second-order valence-electron chi connectivity index (χ2n) is 3.55. The van der Waals surface area contributed by atoms with Gasteiger partial charge in [0.2, 0.25) is 0 Å². The van der Waals surface area contributed by atoms with E-state index in [0.29, 0.717) is 0 Å². The van der Waals surface area contributed by atoms with Gasteiger partial charge in [-0.1, -0.05) is 26.2 Å². The first-order valence-electron chi connectivity index (χ1n) is 5.06. The third kappa shape index (κ3) is 3.49. The first-order valence-corrected chi connectivity index (χ1v) is 5.87. The number of nitrogens with two attached hydrogens (primary N) is 1. The Bertz CT molecular complexity index is 242. The molecule has 0 saturated carbocycles. The van der Waals surface area contributed by atoms with Crippen LogP contribution in [0, 0.1) is 6.92 Å². The van der Waals surface area contributed by atoms with Crippen molar-refractivity contribution in [2.75, 3.05) is 0 Å². The minimum absolute atomic E-state index is 0.269. The number of aryl methyl sites for hydroxylation is 1. The van der Waals surface area contributed by atoms with E-state index in [9.17, 15) is 0 Å². The molecular formula is C11H19NS. The quantitative estimate of drug-likeness (QED) is 0.717. The number of hydrogen-bond acceptors (Lipinski definition) is 2. The van der Waals surface area contributed by atoms with Crippen LogP contribution in [0.3, 0.4) is 0 Å². The Labute approximate surface area is 85.0 Å². The molecule has 74 valence electrons. The van der Waals surface area contributed by atoms with Crippen LogP contribution < -0.4 is 5.73 Å². The van der Waals surface area contributed by atoms with E-state index in [1.54, 1.807) is 0 Å². The summed E-state index contributed by atoms with van der Waals surface area (Å²) in [7, 11) is 0.